The number of benzene rings is 2. The van der Waals surface area contributed by atoms with Crippen LogP contribution in [-0.4, -0.2) is 33.2 Å². The molecule has 0 bridgehead atoms. The fraction of sp³-hybridized carbons (Fsp3) is 0.316. The second-order valence-corrected chi connectivity index (χ2v) is 7.88. The van der Waals surface area contributed by atoms with Crippen LogP contribution in [0.2, 0.25) is 0 Å². The molecule has 0 saturated carbocycles. The third kappa shape index (κ3) is 4.98. The summed E-state index contributed by atoms with van der Waals surface area (Å²) in [5, 5.41) is 2.77. The van der Waals surface area contributed by atoms with E-state index in [-0.39, 0.29) is 0 Å². The van der Waals surface area contributed by atoms with Crippen LogP contribution < -0.4 is 14.4 Å². The highest BCUT2D eigenvalue weighted by Gasteiger charge is 2.29. The van der Waals surface area contributed by atoms with E-state index >= 15 is 0 Å². The lowest BCUT2D eigenvalue weighted by Crippen LogP contribution is -2.45. The molecule has 0 saturated heterocycles. The van der Waals surface area contributed by atoms with E-state index in [1.165, 1.54) is 0 Å². The van der Waals surface area contributed by atoms with Gasteiger partial charge in [-0.05, 0) is 62.7 Å². The molecular formula is C19H24N2O4S. The molecule has 2 aromatic rings. The standard InChI is InChI=1S/C19H24N2O4S/c1-5-25-18-11-9-17(10-12-18)21(26(4,23)24)15(3)19(22)20-16-8-6-7-14(2)13-16/h6-13,15H,5H2,1-4H3,(H,20,22)/t15-/m0/s1. The summed E-state index contributed by atoms with van der Waals surface area (Å²) < 4.78 is 31.1. The van der Waals surface area contributed by atoms with Crippen LogP contribution in [0.4, 0.5) is 11.4 Å². The number of sulfonamides is 1. The number of carbonyl (C=O) groups is 1. The van der Waals surface area contributed by atoms with Crippen molar-refractivity contribution in [2.45, 2.75) is 26.8 Å². The topological polar surface area (TPSA) is 75.7 Å². The summed E-state index contributed by atoms with van der Waals surface area (Å²) in [6.07, 6.45) is 1.08. The smallest absolute Gasteiger partial charge is 0.247 e. The molecule has 0 aromatic heterocycles. The Morgan fingerprint density at radius 2 is 1.85 bits per heavy atom. The van der Waals surface area contributed by atoms with Crippen molar-refractivity contribution in [3.8, 4) is 5.75 Å². The maximum Gasteiger partial charge on any atom is 0.247 e. The SMILES string of the molecule is CCOc1ccc(N([C@@H](C)C(=O)Nc2cccc(C)c2)S(C)(=O)=O)cc1. The van der Waals surface area contributed by atoms with Crippen molar-refractivity contribution in [3.63, 3.8) is 0 Å². The molecule has 0 aliphatic carbocycles. The van der Waals surface area contributed by atoms with Gasteiger partial charge in [-0.3, -0.25) is 9.10 Å². The summed E-state index contributed by atoms with van der Waals surface area (Å²) in [6, 6.07) is 13.0. The molecule has 6 nitrogen and oxygen atoms in total. The van der Waals surface area contributed by atoms with Crippen molar-refractivity contribution in [1.82, 2.24) is 0 Å². The highest BCUT2D eigenvalue weighted by atomic mass is 32.2. The van der Waals surface area contributed by atoms with E-state index < -0.39 is 22.0 Å². The van der Waals surface area contributed by atoms with Crippen molar-refractivity contribution in [2.75, 3.05) is 22.5 Å². The van der Waals surface area contributed by atoms with Gasteiger partial charge in [-0.1, -0.05) is 12.1 Å². The summed E-state index contributed by atoms with van der Waals surface area (Å²) in [6.45, 7) is 5.86. The fourth-order valence-electron chi connectivity index (χ4n) is 2.63. The summed E-state index contributed by atoms with van der Waals surface area (Å²) in [5.74, 6) is 0.233. The number of nitrogens with one attached hydrogen (secondary N) is 1. The Hall–Kier alpha value is -2.54. The third-order valence-corrected chi connectivity index (χ3v) is 5.02. The van der Waals surface area contributed by atoms with E-state index in [9.17, 15) is 13.2 Å². The zero-order chi connectivity index (χ0) is 19.3. The Labute approximate surface area is 154 Å². The number of nitrogens with zero attached hydrogens (tertiary/aromatic N) is 1. The minimum atomic E-state index is -3.66. The summed E-state index contributed by atoms with van der Waals surface area (Å²) in [4.78, 5) is 12.6. The largest absolute Gasteiger partial charge is 0.494 e. The van der Waals surface area contributed by atoms with E-state index in [1.54, 1.807) is 37.3 Å². The number of aryl methyl sites for hydroxylation is 1. The molecular weight excluding hydrogens is 352 g/mol. The number of amides is 1. The number of carbonyl (C=O) groups excluding carboxylic acids is 1. The first-order chi connectivity index (χ1) is 12.2. The molecule has 1 N–H and O–H groups in total. The highest BCUT2D eigenvalue weighted by molar-refractivity contribution is 7.92. The highest BCUT2D eigenvalue weighted by Crippen LogP contribution is 2.24. The van der Waals surface area contributed by atoms with Gasteiger partial charge >= 0.3 is 0 Å². The quantitative estimate of drug-likeness (QED) is 0.805. The lowest BCUT2D eigenvalue weighted by Gasteiger charge is -2.28. The Morgan fingerprint density at radius 1 is 1.19 bits per heavy atom. The Balaban J connectivity index is 2.27. The predicted molar refractivity (Wildman–Crippen MR) is 104 cm³/mol. The summed E-state index contributed by atoms with van der Waals surface area (Å²) in [7, 11) is -3.66. The predicted octanol–water partition coefficient (Wildman–Crippen LogP) is 3.19. The number of hydrogen-bond acceptors (Lipinski definition) is 4. The van der Waals surface area contributed by atoms with Crippen LogP contribution in [0.1, 0.15) is 19.4 Å². The molecule has 0 unspecified atom stereocenters. The molecule has 140 valence electrons. The van der Waals surface area contributed by atoms with E-state index in [0.29, 0.717) is 23.7 Å². The van der Waals surface area contributed by atoms with Gasteiger partial charge in [-0.15, -0.1) is 0 Å². The first kappa shape index (κ1) is 19.8. The lowest BCUT2D eigenvalue weighted by molar-refractivity contribution is -0.116. The van der Waals surface area contributed by atoms with Gasteiger partial charge in [0.2, 0.25) is 15.9 Å². The van der Waals surface area contributed by atoms with Gasteiger partial charge in [0, 0.05) is 5.69 Å². The molecule has 0 aliphatic heterocycles. The van der Waals surface area contributed by atoms with Gasteiger partial charge in [0.1, 0.15) is 11.8 Å². The van der Waals surface area contributed by atoms with Gasteiger partial charge in [-0.2, -0.15) is 0 Å². The minimum absolute atomic E-state index is 0.405. The summed E-state index contributed by atoms with van der Waals surface area (Å²) in [5.41, 5.74) is 2.03. The second kappa shape index (κ2) is 8.23. The van der Waals surface area contributed by atoms with Gasteiger partial charge in [0.05, 0.1) is 18.6 Å². The maximum absolute atomic E-state index is 12.6. The van der Waals surface area contributed by atoms with Gasteiger partial charge in [-0.25, -0.2) is 8.42 Å². The van der Waals surface area contributed by atoms with Crippen molar-refractivity contribution in [1.29, 1.82) is 0 Å². The van der Waals surface area contributed by atoms with Crippen molar-refractivity contribution in [3.05, 3.63) is 54.1 Å². The van der Waals surface area contributed by atoms with Crippen LogP contribution in [0.15, 0.2) is 48.5 Å². The number of anilines is 2. The zero-order valence-corrected chi connectivity index (χ0v) is 16.2. The lowest BCUT2D eigenvalue weighted by atomic mass is 10.2. The Bertz CT molecular complexity index is 863. The van der Waals surface area contributed by atoms with Crippen LogP contribution >= 0.6 is 0 Å². The van der Waals surface area contributed by atoms with E-state index in [2.05, 4.69) is 5.32 Å². The third-order valence-electron chi connectivity index (χ3n) is 3.78. The normalized spacial score (nSPS) is 12.3. The van der Waals surface area contributed by atoms with E-state index in [0.717, 1.165) is 16.1 Å². The first-order valence-corrected chi connectivity index (χ1v) is 10.2. The van der Waals surface area contributed by atoms with Crippen molar-refractivity contribution >= 4 is 27.3 Å². The molecule has 1 amide bonds. The number of rotatable bonds is 7. The van der Waals surface area contributed by atoms with Gasteiger partial charge in [0.15, 0.2) is 0 Å². The van der Waals surface area contributed by atoms with Crippen molar-refractivity contribution in [2.24, 2.45) is 0 Å². The molecule has 0 spiro atoms. The molecule has 26 heavy (non-hydrogen) atoms. The number of ether oxygens (including phenoxy) is 1. The Morgan fingerprint density at radius 3 is 2.38 bits per heavy atom. The molecule has 0 fully saturated rings. The average molecular weight is 376 g/mol. The molecule has 2 aromatic carbocycles. The van der Waals surface area contributed by atoms with Crippen LogP contribution in [0.25, 0.3) is 0 Å². The van der Waals surface area contributed by atoms with Crippen molar-refractivity contribution < 1.29 is 17.9 Å². The van der Waals surface area contributed by atoms with Crippen LogP contribution in [0.5, 0.6) is 5.75 Å². The van der Waals surface area contributed by atoms with Gasteiger partial charge < -0.3 is 10.1 Å². The molecule has 0 heterocycles. The molecule has 0 radical (unpaired) electrons. The maximum atomic E-state index is 12.6. The van der Waals surface area contributed by atoms with Gasteiger partial charge in [0.25, 0.3) is 0 Å². The van der Waals surface area contributed by atoms with Crippen LogP contribution in [0.3, 0.4) is 0 Å². The zero-order valence-electron chi connectivity index (χ0n) is 15.4. The molecule has 0 aliphatic rings. The second-order valence-electron chi connectivity index (χ2n) is 6.02. The number of hydrogen-bond donors (Lipinski definition) is 1. The average Bonchev–Trinajstić information content (AvgIpc) is 2.55. The minimum Gasteiger partial charge on any atom is -0.494 e. The molecule has 1 atom stereocenters. The molecule has 7 heteroatoms. The monoisotopic (exact) mass is 376 g/mol. The van der Waals surface area contributed by atoms with Crippen LogP contribution in [0, 0.1) is 6.92 Å². The van der Waals surface area contributed by atoms with E-state index in [4.69, 9.17) is 4.74 Å². The molecule has 2 rings (SSSR count). The summed E-state index contributed by atoms with van der Waals surface area (Å²) >= 11 is 0. The first-order valence-electron chi connectivity index (χ1n) is 8.32. The van der Waals surface area contributed by atoms with E-state index in [1.807, 2.05) is 32.0 Å². The fourth-order valence-corrected chi connectivity index (χ4v) is 3.81. The Kier molecular flexibility index (Phi) is 6.26. The van der Waals surface area contributed by atoms with Crippen LogP contribution in [-0.2, 0) is 14.8 Å².